The summed E-state index contributed by atoms with van der Waals surface area (Å²) >= 11 is 0. The van der Waals surface area contributed by atoms with Crippen LogP contribution in [0, 0.1) is 0 Å². The summed E-state index contributed by atoms with van der Waals surface area (Å²) in [5.41, 5.74) is 0. The molecule has 0 spiro atoms. The third kappa shape index (κ3) is 907. The Balaban J connectivity index is -0.0000000257. The molecule has 64 valence electrons. The van der Waals surface area contributed by atoms with Gasteiger partial charge in [-0.2, -0.15) is 0 Å². The van der Waals surface area contributed by atoms with E-state index in [4.69, 9.17) is 15.3 Å². The molecule has 0 aromatic carbocycles. The molecular weight excluding hydrogens is 211 g/mol. The van der Waals surface area contributed by atoms with Crippen molar-refractivity contribution in [1.82, 2.24) is 0 Å². The van der Waals surface area contributed by atoms with Gasteiger partial charge in [0.2, 0.25) is 0 Å². The molecule has 0 aromatic heterocycles. The Bertz CT molecular complexity index is 17.7. The minimum atomic E-state index is 0. The van der Waals surface area contributed by atoms with Crippen molar-refractivity contribution in [3.05, 3.63) is 0 Å². The van der Waals surface area contributed by atoms with Gasteiger partial charge in [0.15, 0.2) is 0 Å². The largest absolute Gasteiger partial charge is 0.397 e. The Morgan fingerprint density at radius 2 is 0.700 bits per heavy atom. The zero-order valence-electron chi connectivity index (χ0n) is 6.96. The molecule has 10 heavy (non-hydrogen) atoms. The first-order valence-electron chi connectivity index (χ1n) is 3.07. The quantitative estimate of drug-likeness (QED) is 0.548. The molecule has 0 atom stereocenters. The van der Waals surface area contributed by atoms with Gasteiger partial charge in [-0.3, -0.25) is 0 Å². The predicted molar refractivity (Wildman–Crippen MR) is 38.3 cm³/mol. The van der Waals surface area contributed by atoms with Crippen molar-refractivity contribution in [2.75, 3.05) is 19.8 Å². The maximum Gasteiger partial charge on any atom is 0.0402 e. The second-order valence-corrected chi connectivity index (χ2v) is 0.949. The molecule has 0 unspecified atom stereocenters. The summed E-state index contributed by atoms with van der Waals surface area (Å²) in [7, 11) is 0. The molecule has 0 rings (SSSR count). The Morgan fingerprint density at radius 1 is 0.700 bits per heavy atom. The van der Waals surface area contributed by atoms with Crippen LogP contribution in [0.4, 0.5) is 0 Å². The smallest absolute Gasteiger partial charge is 0.0402 e. The normalized spacial score (nSPS) is 5.40. The van der Waals surface area contributed by atoms with Gasteiger partial charge in [0.1, 0.15) is 0 Å². The summed E-state index contributed by atoms with van der Waals surface area (Å²) in [6, 6.07) is 0. The number of aliphatic hydroxyl groups is 3. The van der Waals surface area contributed by atoms with E-state index in [9.17, 15) is 0 Å². The van der Waals surface area contributed by atoms with Crippen LogP contribution in [0.15, 0.2) is 0 Å². The van der Waals surface area contributed by atoms with Crippen LogP contribution < -0.4 is 0 Å². The van der Waals surface area contributed by atoms with Gasteiger partial charge in [-0.1, -0.05) is 0 Å². The Hall–Kier alpha value is 0.763. The van der Waals surface area contributed by atoms with Crippen molar-refractivity contribution in [2.45, 2.75) is 20.8 Å². The van der Waals surface area contributed by atoms with Crippen molar-refractivity contribution in [3.8, 4) is 0 Å². The van der Waals surface area contributed by atoms with E-state index in [1.807, 2.05) is 0 Å². The molecule has 0 aromatic rings. The van der Waals surface area contributed by atoms with Crippen LogP contribution in [0.1, 0.15) is 20.8 Å². The van der Waals surface area contributed by atoms with Gasteiger partial charge in [0.25, 0.3) is 0 Å². The first kappa shape index (κ1) is 22.4. The molecule has 3 nitrogen and oxygen atoms in total. The average Bonchev–Trinajstić information content (AvgIpc) is 1.70. The van der Waals surface area contributed by atoms with Gasteiger partial charge >= 0.3 is 0 Å². The molecule has 0 aliphatic carbocycles. The second-order valence-electron chi connectivity index (χ2n) is 0.949. The molecule has 0 heterocycles. The molecule has 0 saturated heterocycles. The van der Waals surface area contributed by atoms with E-state index < -0.39 is 0 Å². The molecule has 0 fully saturated rings. The summed E-state index contributed by atoms with van der Waals surface area (Å²) in [5, 5.41) is 22.7. The topological polar surface area (TPSA) is 60.7 Å². The van der Waals surface area contributed by atoms with Gasteiger partial charge in [-0.25, -0.2) is 0 Å². The van der Waals surface area contributed by atoms with Gasteiger partial charge in [-0.15, -0.1) is 0 Å². The van der Waals surface area contributed by atoms with Crippen molar-refractivity contribution in [1.29, 1.82) is 0 Å². The Labute approximate surface area is 82.2 Å². The molecule has 0 bridgehead atoms. The number of hydrogen-bond donors (Lipinski definition) is 3. The van der Waals surface area contributed by atoms with Crippen LogP contribution in [0.3, 0.4) is 0 Å². The summed E-state index contributed by atoms with van der Waals surface area (Å²) < 4.78 is 0. The molecule has 0 aliphatic rings. The minimum absolute atomic E-state index is 0. The monoisotopic (exact) mass is 228 g/mol. The summed E-state index contributed by atoms with van der Waals surface area (Å²) in [5.74, 6) is 0. The molecule has 4 heteroatoms. The fraction of sp³-hybridized carbons (Fsp3) is 1.00. The van der Waals surface area contributed by atoms with E-state index in [-0.39, 0.29) is 46.0 Å². The summed E-state index contributed by atoms with van der Waals surface area (Å²) in [6.07, 6.45) is 0. The molecule has 0 radical (unpaired) electrons. The standard InChI is InChI=1S/3C2H6O.Zr/c3*1-2-3;/h3*3H,2H2,1H3;. The van der Waals surface area contributed by atoms with E-state index in [2.05, 4.69) is 0 Å². The van der Waals surface area contributed by atoms with E-state index in [0.29, 0.717) is 0 Å². The van der Waals surface area contributed by atoms with Crippen LogP contribution in [0.5, 0.6) is 0 Å². The van der Waals surface area contributed by atoms with Crippen molar-refractivity contribution in [3.63, 3.8) is 0 Å². The van der Waals surface area contributed by atoms with Gasteiger partial charge < -0.3 is 15.3 Å². The molecule has 0 aliphatic heterocycles. The predicted octanol–water partition coefficient (Wildman–Crippen LogP) is -0.00670. The fourth-order valence-corrected chi connectivity index (χ4v) is 0. The number of rotatable bonds is 0. The van der Waals surface area contributed by atoms with Crippen LogP contribution in [0.2, 0.25) is 0 Å². The molecule has 0 saturated carbocycles. The van der Waals surface area contributed by atoms with Crippen molar-refractivity contribution in [2.24, 2.45) is 0 Å². The maximum atomic E-state index is 7.57. The van der Waals surface area contributed by atoms with Crippen LogP contribution in [0.25, 0.3) is 0 Å². The van der Waals surface area contributed by atoms with Crippen LogP contribution in [-0.4, -0.2) is 35.1 Å². The first-order valence-corrected chi connectivity index (χ1v) is 3.07. The zero-order chi connectivity index (χ0) is 8.12. The first-order chi connectivity index (χ1) is 4.24. The SMILES string of the molecule is CCO.CCO.CCO.[Zr]. The van der Waals surface area contributed by atoms with Crippen molar-refractivity contribution < 1.29 is 41.5 Å². The summed E-state index contributed by atoms with van der Waals surface area (Å²) in [4.78, 5) is 0. The summed E-state index contributed by atoms with van der Waals surface area (Å²) in [6.45, 7) is 5.79. The van der Waals surface area contributed by atoms with E-state index in [1.54, 1.807) is 20.8 Å². The average molecular weight is 229 g/mol. The van der Waals surface area contributed by atoms with E-state index >= 15 is 0 Å². The molecule has 3 N–H and O–H groups in total. The third-order valence-electron chi connectivity index (χ3n) is 0. The second kappa shape index (κ2) is 52.9. The Kier molecular flexibility index (Phi) is 119. The minimum Gasteiger partial charge on any atom is -0.397 e. The number of aliphatic hydroxyl groups excluding tert-OH is 3. The van der Waals surface area contributed by atoms with E-state index in [0.717, 1.165) is 0 Å². The van der Waals surface area contributed by atoms with Crippen LogP contribution >= 0.6 is 0 Å². The number of hydrogen-bond acceptors (Lipinski definition) is 3. The zero-order valence-corrected chi connectivity index (χ0v) is 9.42. The van der Waals surface area contributed by atoms with E-state index in [1.165, 1.54) is 0 Å². The van der Waals surface area contributed by atoms with Gasteiger partial charge in [0.05, 0.1) is 0 Å². The maximum absolute atomic E-state index is 7.57. The molecular formula is C6H18O3Zr. The van der Waals surface area contributed by atoms with Crippen molar-refractivity contribution >= 4 is 0 Å². The third-order valence-corrected chi connectivity index (χ3v) is 0. The fourth-order valence-electron chi connectivity index (χ4n) is 0. The van der Waals surface area contributed by atoms with Gasteiger partial charge in [0, 0.05) is 46.0 Å². The van der Waals surface area contributed by atoms with Gasteiger partial charge in [-0.05, 0) is 20.8 Å². The molecule has 0 amide bonds. The Morgan fingerprint density at radius 3 is 0.700 bits per heavy atom. The van der Waals surface area contributed by atoms with Crippen LogP contribution in [-0.2, 0) is 26.2 Å².